The molecule has 0 aliphatic rings. The summed E-state index contributed by atoms with van der Waals surface area (Å²) in [6, 6.07) is 6.37. The molecule has 1 aromatic rings. The molecule has 0 amide bonds. The average molecular weight is 178 g/mol. The fourth-order valence-electron chi connectivity index (χ4n) is 0.957. The largest absolute Gasteiger partial charge is 0.389 e. The SMILES string of the molecule is Cc1ccccc1C(=O)OC(=N)N. The molecule has 4 heteroatoms. The normalized spacial score (nSPS) is 9.31. The van der Waals surface area contributed by atoms with Gasteiger partial charge in [-0.1, -0.05) is 18.2 Å². The molecule has 13 heavy (non-hydrogen) atoms. The second-order valence-corrected chi connectivity index (χ2v) is 2.57. The first kappa shape index (κ1) is 9.25. The summed E-state index contributed by atoms with van der Waals surface area (Å²) in [5.41, 5.74) is 6.15. The van der Waals surface area contributed by atoms with Gasteiger partial charge in [-0.15, -0.1) is 0 Å². The number of aryl methyl sites for hydroxylation is 1. The maximum atomic E-state index is 11.2. The summed E-state index contributed by atoms with van der Waals surface area (Å²) in [5, 5.41) is 6.78. The van der Waals surface area contributed by atoms with Crippen LogP contribution in [0.2, 0.25) is 0 Å². The number of nitrogens with one attached hydrogen (secondary N) is 1. The molecule has 0 spiro atoms. The number of nitrogens with two attached hydrogens (primary N) is 1. The number of benzene rings is 1. The van der Waals surface area contributed by atoms with E-state index in [0.717, 1.165) is 5.56 Å². The van der Waals surface area contributed by atoms with Crippen LogP contribution in [0.3, 0.4) is 0 Å². The van der Waals surface area contributed by atoms with Crippen LogP contribution < -0.4 is 5.73 Å². The molecule has 4 nitrogen and oxygen atoms in total. The molecule has 0 heterocycles. The quantitative estimate of drug-likeness (QED) is 0.383. The molecule has 0 bridgehead atoms. The van der Waals surface area contributed by atoms with E-state index < -0.39 is 12.0 Å². The Morgan fingerprint density at radius 1 is 1.46 bits per heavy atom. The highest BCUT2D eigenvalue weighted by atomic mass is 16.5. The van der Waals surface area contributed by atoms with Crippen molar-refractivity contribution in [1.82, 2.24) is 0 Å². The van der Waals surface area contributed by atoms with Gasteiger partial charge in [0.05, 0.1) is 5.56 Å². The maximum Gasteiger partial charge on any atom is 0.346 e. The third kappa shape index (κ3) is 2.30. The van der Waals surface area contributed by atoms with Crippen LogP contribution in [0.25, 0.3) is 0 Å². The van der Waals surface area contributed by atoms with E-state index in [1.807, 2.05) is 6.07 Å². The zero-order valence-electron chi connectivity index (χ0n) is 7.20. The van der Waals surface area contributed by atoms with E-state index in [1.54, 1.807) is 25.1 Å². The topological polar surface area (TPSA) is 76.2 Å². The summed E-state index contributed by atoms with van der Waals surface area (Å²) < 4.78 is 4.44. The van der Waals surface area contributed by atoms with Crippen molar-refractivity contribution in [2.75, 3.05) is 0 Å². The van der Waals surface area contributed by atoms with E-state index in [2.05, 4.69) is 4.74 Å². The van der Waals surface area contributed by atoms with Crippen LogP contribution >= 0.6 is 0 Å². The first-order valence-electron chi connectivity index (χ1n) is 3.73. The molecule has 0 atom stereocenters. The van der Waals surface area contributed by atoms with Crippen molar-refractivity contribution in [3.63, 3.8) is 0 Å². The Hall–Kier alpha value is -1.84. The van der Waals surface area contributed by atoms with Crippen LogP contribution in [0, 0.1) is 12.3 Å². The van der Waals surface area contributed by atoms with E-state index in [0.29, 0.717) is 5.56 Å². The number of amidine groups is 1. The standard InChI is InChI=1S/C9H10N2O2/c1-6-4-2-3-5-7(6)8(12)13-9(10)11/h2-5H,1H3,(H3,10,11). The van der Waals surface area contributed by atoms with Crippen molar-refractivity contribution in [2.45, 2.75) is 6.92 Å². The van der Waals surface area contributed by atoms with Gasteiger partial charge >= 0.3 is 5.97 Å². The highest BCUT2D eigenvalue weighted by molar-refractivity contribution is 5.97. The lowest BCUT2D eigenvalue weighted by Crippen LogP contribution is -2.19. The molecule has 0 radical (unpaired) electrons. The van der Waals surface area contributed by atoms with E-state index >= 15 is 0 Å². The van der Waals surface area contributed by atoms with Crippen LogP contribution in [-0.4, -0.2) is 12.0 Å². The highest BCUT2D eigenvalue weighted by Gasteiger charge is 2.10. The molecule has 0 saturated heterocycles. The first-order valence-corrected chi connectivity index (χ1v) is 3.73. The summed E-state index contributed by atoms with van der Waals surface area (Å²) in [5.74, 6) is -0.592. The van der Waals surface area contributed by atoms with Crippen molar-refractivity contribution in [3.05, 3.63) is 35.4 Å². The van der Waals surface area contributed by atoms with Gasteiger partial charge in [0.1, 0.15) is 0 Å². The van der Waals surface area contributed by atoms with Gasteiger partial charge in [-0.05, 0) is 18.6 Å². The van der Waals surface area contributed by atoms with Gasteiger partial charge in [0.2, 0.25) is 0 Å². The monoisotopic (exact) mass is 178 g/mol. The number of ether oxygens (including phenoxy) is 1. The Labute approximate surface area is 75.8 Å². The van der Waals surface area contributed by atoms with Crippen molar-refractivity contribution in [3.8, 4) is 0 Å². The van der Waals surface area contributed by atoms with E-state index in [1.165, 1.54) is 0 Å². The number of carbonyl (C=O) groups excluding carboxylic acids is 1. The lowest BCUT2D eigenvalue weighted by atomic mass is 10.1. The van der Waals surface area contributed by atoms with Crippen molar-refractivity contribution < 1.29 is 9.53 Å². The molecule has 0 aliphatic heterocycles. The second-order valence-electron chi connectivity index (χ2n) is 2.57. The van der Waals surface area contributed by atoms with Gasteiger partial charge < -0.3 is 10.5 Å². The molecule has 0 aromatic heterocycles. The Bertz CT molecular complexity index is 347. The molecule has 3 N–H and O–H groups in total. The maximum absolute atomic E-state index is 11.2. The minimum Gasteiger partial charge on any atom is -0.389 e. The molecule has 68 valence electrons. The first-order chi connectivity index (χ1) is 6.11. The summed E-state index contributed by atoms with van der Waals surface area (Å²) in [6.07, 6.45) is 0. The summed E-state index contributed by atoms with van der Waals surface area (Å²) >= 11 is 0. The summed E-state index contributed by atoms with van der Waals surface area (Å²) in [6.45, 7) is 1.79. The van der Waals surface area contributed by atoms with E-state index in [9.17, 15) is 4.79 Å². The Balaban J connectivity index is 2.89. The predicted molar refractivity (Wildman–Crippen MR) is 48.5 cm³/mol. The number of rotatable bonds is 1. The fraction of sp³-hybridized carbons (Fsp3) is 0.111. The van der Waals surface area contributed by atoms with E-state index in [-0.39, 0.29) is 0 Å². The lowest BCUT2D eigenvalue weighted by Gasteiger charge is -2.03. The smallest absolute Gasteiger partial charge is 0.346 e. The molecular formula is C9H10N2O2. The van der Waals surface area contributed by atoms with Crippen LogP contribution in [0.4, 0.5) is 0 Å². The highest BCUT2D eigenvalue weighted by Crippen LogP contribution is 2.07. The summed E-state index contributed by atoms with van der Waals surface area (Å²) in [4.78, 5) is 11.2. The second kappa shape index (κ2) is 3.71. The minimum absolute atomic E-state index is 0.428. The van der Waals surface area contributed by atoms with Crippen LogP contribution in [0.15, 0.2) is 24.3 Å². The van der Waals surface area contributed by atoms with Crippen molar-refractivity contribution in [2.24, 2.45) is 5.73 Å². The average Bonchev–Trinajstić information content (AvgIpc) is 2.03. The van der Waals surface area contributed by atoms with Crippen LogP contribution in [0.1, 0.15) is 15.9 Å². The van der Waals surface area contributed by atoms with Gasteiger partial charge in [-0.2, -0.15) is 0 Å². The number of carbonyl (C=O) groups is 1. The van der Waals surface area contributed by atoms with E-state index in [4.69, 9.17) is 11.1 Å². The summed E-state index contributed by atoms with van der Waals surface area (Å²) in [7, 11) is 0. The molecule has 0 aliphatic carbocycles. The Kier molecular flexibility index (Phi) is 2.64. The molecule has 0 saturated carbocycles. The number of hydrogen-bond donors (Lipinski definition) is 2. The van der Waals surface area contributed by atoms with Crippen molar-refractivity contribution >= 4 is 12.0 Å². The number of hydrogen-bond acceptors (Lipinski definition) is 3. The minimum atomic E-state index is -0.592. The van der Waals surface area contributed by atoms with Crippen molar-refractivity contribution in [1.29, 1.82) is 5.41 Å². The Morgan fingerprint density at radius 3 is 2.62 bits per heavy atom. The van der Waals surface area contributed by atoms with Gasteiger partial charge in [0.25, 0.3) is 6.02 Å². The zero-order valence-corrected chi connectivity index (χ0v) is 7.20. The van der Waals surface area contributed by atoms with Crippen LogP contribution in [-0.2, 0) is 4.74 Å². The lowest BCUT2D eigenvalue weighted by molar-refractivity contribution is 0.0711. The van der Waals surface area contributed by atoms with Gasteiger partial charge in [-0.25, -0.2) is 4.79 Å². The Morgan fingerprint density at radius 2 is 2.08 bits per heavy atom. The zero-order chi connectivity index (χ0) is 9.84. The van der Waals surface area contributed by atoms with Gasteiger partial charge in [0, 0.05) is 0 Å². The molecule has 1 rings (SSSR count). The molecule has 1 aromatic carbocycles. The molecule has 0 unspecified atom stereocenters. The number of esters is 1. The fourth-order valence-corrected chi connectivity index (χ4v) is 0.957. The van der Waals surface area contributed by atoms with Gasteiger partial charge in [0.15, 0.2) is 0 Å². The van der Waals surface area contributed by atoms with Gasteiger partial charge in [-0.3, -0.25) is 5.41 Å². The third-order valence-electron chi connectivity index (χ3n) is 1.57. The predicted octanol–water partition coefficient (Wildman–Crippen LogP) is 1.05. The molecule has 0 fully saturated rings. The third-order valence-corrected chi connectivity index (χ3v) is 1.57. The molecular weight excluding hydrogens is 168 g/mol. The van der Waals surface area contributed by atoms with Crippen LogP contribution in [0.5, 0.6) is 0 Å².